The third-order valence-electron chi connectivity index (χ3n) is 6.22. The van der Waals surface area contributed by atoms with E-state index in [4.69, 9.17) is 28.2 Å². The lowest BCUT2D eigenvalue weighted by molar-refractivity contribution is 0.163. The molecule has 2 N–H and O–H groups in total. The van der Waals surface area contributed by atoms with Crippen LogP contribution in [0.1, 0.15) is 44.0 Å². The van der Waals surface area contributed by atoms with Gasteiger partial charge in [0.05, 0.1) is 27.8 Å². The lowest BCUT2D eigenvalue weighted by Crippen LogP contribution is -2.43. The molecule has 29 heavy (non-hydrogen) atoms. The van der Waals surface area contributed by atoms with Gasteiger partial charge in [0, 0.05) is 11.1 Å². The number of likely N-dealkylation sites (tertiary alicyclic amines) is 1. The molecule has 3 aromatic rings. The van der Waals surface area contributed by atoms with Crippen LogP contribution in [0.3, 0.4) is 0 Å². The zero-order valence-electron chi connectivity index (χ0n) is 15.9. The number of rotatable bonds is 2. The molecule has 1 aliphatic heterocycles. The number of amides is 2. The number of imidazole rings is 1. The van der Waals surface area contributed by atoms with E-state index in [9.17, 15) is 4.79 Å². The predicted octanol–water partition coefficient (Wildman–Crippen LogP) is 6.41. The number of anilines is 1. The molecule has 150 valence electrons. The van der Waals surface area contributed by atoms with E-state index < -0.39 is 0 Å². The van der Waals surface area contributed by atoms with Gasteiger partial charge < -0.3 is 15.2 Å². The number of nitrogens with zero attached hydrogens (tertiary/aromatic N) is 2. The molecule has 2 aliphatic rings. The number of urea groups is 1. The molecule has 3 atom stereocenters. The highest BCUT2D eigenvalue weighted by atomic mass is 35.5. The van der Waals surface area contributed by atoms with E-state index in [0.717, 1.165) is 42.5 Å². The smallest absolute Gasteiger partial charge is 0.322 e. The number of hydrogen-bond donors (Lipinski definition) is 2. The fourth-order valence-electron chi connectivity index (χ4n) is 4.90. The molecule has 0 radical (unpaired) electrons. The molecule has 2 amide bonds. The SMILES string of the molecule is O=C(Nc1cc(Cl)ccc1Cl)N1[C@@H]2CCCC[C@H]2C[C@H]1c1nc2ccccc2[nH]1. The highest BCUT2D eigenvalue weighted by Gasteiger charge is 2.46. The molecular weight excluding hydrogens is 407 g/mol. The van der Waals surface area contributed by atoms with Gasteiger partial charge in [-0.15, -0.1) is 0 Å². The first-order chi connectivity index (χ1) is 14.1. The molecule has 5 nitrogen and oxygen atoms in total. The van der Waals surface area contributed by atoms with Crippen LogP contribution in [0.4, 0.5) is 10.5 Å². The Morgan fingerprint density at radius 2 is 1.97 bits per heavy atom. The average Bonchev–Trinajstić information content (AvgIpc) is 3.32. The average molecular weight is 429 g/mol. The van der Waals surface area contributed by atoms with E-state index in [1.165, 1.54) is 6.42 Å². The number of H-pyrrole nitrogens is 1. The highest BCUT2D eigenvalue weighted by molar-refractivity contribution is 6.35. The minimum absolute atomic E-state index is 0.0755. The molecule has 2 fully saturated rings. The molecule has 1 saturated heterocycles. The monoisotopic (exact) mass is 428 g/mol. The summed E-state index contributed by atoms with van der Waals surface area (Å²) in [5.74, 6) is 1.36. The van der Waals surface area contributed by atoms with Crippen LogP contribution in [0, 0.1) is 5.92 Å². The largest absolute Gasteiger partial charge is 0.340 e. The number of aromatic nitrogens is 2. The maximum atomic E-state index is 13.4. The molecule has 0 unspecified atom stereocenters. The molecule has 2 heterocycles. The summed E-state index contributed by atoms with van der Waals surface area (Å²) in [6.07, 6.45) is 5.49. The standard InChI is InChI=1S/C22H22Cl2N4O/c23-14-9-10-15(24)18(12-14)27-22(29)28-19-8-4-1-5-13(19)11-20(28)21-25-16-6-2-3-7-17(16)26-21/h2-3,6-7,9-10,12-13,19-20H,1,4-5,8,11H2,(H,25,26)(H,27,29)/t13-,19+,20-/m0/s1. The van der Waals surface area contributed by atoms with Crippen LogP contribution >= 0.6 is 23.2 Å². The fraction of sp³-hybridized carbons (Fsp3) is 0.364. The Morgan fingerprint density at radius 3 is 2.83 bits per heavy atom. The molecule has 7 heteroatoms. The Labute approximate surface area is 179 Å². The first-order valence-corrected chi connectivity index (χ1v) is 10.8. The van der Waals surface area contributed by atoms with Crippen molar-refractivity contribution < 1.29 is 4.79 Å². The molecule has 1 aromatic heterocycles. The van der Waals surface area contributed by atoms with Gasteiger partial charge in [0.2, 0.25) is 0 Å². The Bertz CT molecular complexity index is 1030. The lowest BCUT2D eigenvalue weighted by Gasteiger charge is -2.33. The maximum Gasteiger partial charge on any atom is 0.322 e. The Balaban J connectivity index is 1.49. The van der Waals surface area contributed by atoms with Gasteiger partial charge in [0.25, 0.3) is 0 Å². The number of fused-ring (bicyclic) bond motifs is 2. The second-order valence-corrected chi connectivity index (χ2v) is 8.81. The Morgan fingerprint density at radius 1 is 1.14 bits per heavy atom. The maximum absolute atomic E-state index is 13.4. The molecule has 0 spiro atoms. The second kappa shape index (κ2) is 7.54. The van der Waals surface area contributed by atoms with Crippen LogP contribution in [-0.2, 0) is 0 Å². The van der Waals surface area contributed by atoms with Gasteiger partial charge in [0.1, 0.15) is 5.82 Å². The van der Waals surface area contributed by atoms with Crippen molar-refractivity contribution in [3.63, 3.8) is 0 Å². The molecule has 1 saturated carbocycles. The van der Waals surface area contributed by atoms with Crippen molar-refractivity contribution in [1.82, 2.24) is 14.9 Å². The zero-order chi connectivity index (χ0) is 20.0. The normalized spacial score (nSPS) is 23.9. The van der Waals surface area contributed by atoms with Gasteiger partial charge in [-0.3, -0.25) is 0 Å². The van der Waals surface area contributed by atoms with Gasteiger partial charge in [-0.25, -0.2) is 9.78 Å². The van der Waals surface area contributed by atoms with Gasteiger partial charge in [-0.2, -0.15) is 0 Å². The molecule has 5 rings (SSSR count). The number of halogens is 2. The van der Waals surface area contributed by atoms with Crippen molar-refractivity contribution in [1.29, 1.82) is 0 Å². The first kappa shape index (κ1) is 18.8. The van der Waals surface area contributed by atoms with Gasteiger partial charge in [-0.1, -0.05) is 48.2 Å². The van der Waals surface area contributed by atoms with Crippen LogP contribution in [0.2, 0.25) is 10.0 Å². The predicted molar refractivity (Wildman–Crippen MR) is 117 cm³/mol. The van der Waals surface area contributed by atoms with Crippen LogP contribution in [0.5, 0.6) is 0 Å². The van der Waals surface area contributed by atoms with Crippen molar-refractivity contribution in [3.8, 4) is 0 Å². The van der Waals surface area contributed by atoms with E-state index in [1.54, 1.807) is 18.2 Å². The number of para-hydroxylation sites is 2. The first-order valence-electron chi connectivity index (χ1n) is 10.1. The minimum atomic E-state index is -0.144. The zero-order valence-corrected chi connectivity index (χ0v) is 17.4. The van der Waals surface area contributed by atoms with Crippen molar-refractivity contribution in [3.05, 3.63) is 58.3 Å². The van der Waals surface area contributed by atoms with Crippen LogP contribution < -0.4 is 5.32 Å². The van der Waals surface area contributed by atoms with Crippen LogP contribution in [0.15, 0.2) is 42.5 Å². The number of aromatic amines is 1. The van der Waals surface area contributed by atoms with Gasteiger partial charge >= 0.3 is 6.03 Å². The number of nitrogens with one attached hydrogen (secondary N) is 2. The van der Waals surface area contributed by atoms with Crippen LogP contribution in [0.25, 0.3) is 11.0 Å². The Kier molecular flexibility index (Phi) is 4.88. The third kappa shape index (κ3) is 3.47. The van der Waals surface area contributed by atoms with Gasteiger partial charge in [-0.05, 0) is 55.5 Å². The van der Waals surface area contributed by atoms with E-state index in [1.807, 2.05) is 29.2 Å². The summed E-state index contributed by atoms with van der Waals surface area (Å²) >= 11 is 12.4. The number of carbonyl (C=O) groups excluding carboxylic acids is 1. The lowest BCUT2D eigenvalue weighted by atomic mass is 9.85. The summed E-state index contributed by atoms with van der Waals surface area (Å²) in [5, 5.41) is 4.00. The summed E-state index contributed by atoms with van der Waals surface area (Å²) in [6.45, 7) is 0. The minimum Gasteiger partial charge on any atom is -0.340 e. The van der Waals surface area contributed by atoms with Crippen molar-refractivity contribution in [2.45, 2.75) is 44.2 Å². The number of carbonyl (C=O) groups is 1. The third-order valence-corrected chi connectivity index (χ3v) is 6.78. The van der Waals surface area contributed by atoms with E-state index in [0.29, 0.717) is 21.7 Å². The molecular formula is C22H22Cl2N4O. The van der Waals surface area contributed by atoms with Crippen molar-refractivity contribution in [2.75, 3.05) is 5.32 Å². The Hall–Kier alpha value is -2.24. The quantitative estimate of drug-likeness (QED) is 0.495. The summed E-state index contributed by atoms with van der Waals surface area (Å²) in [7, 11) is 0. The summed E-state index contributed by atoms with van der Waals surface area (Å²) in [6, 6.07) is 13.1. The summed E-state index contributed by atoms with van der Waals surface area (Å²) in [5.41, 5.74) is 2.46. The fourth-order valence-corrected chi connectivity index (χ4v) is 5.24. The summed E-state index contributed by atoms with van der Waals surface area (Å²) < 4.78 is 0. The summed E-state index contributed by atoms with van der Waals surface area (Å²) in [4.78, 5) is 23.6. The van der Waals surface area contributed by atoms with E-state index in [-0.39, 0.29) is 18.1 Å². The highest BCUT2D eigenvalue weighted by Crippen LogP contribution is 2.46. The topological polar surface area (TPSA) is 61.0 Å². The second-order valence-electron chi connectivity index (χ2n) is 7.96. The number of hydrogen-bond acceptors (Lipinski definition) is 2. The van der Waals surface area contributed by atoms with Crippen molar-refractivity contribution >= 4 is 46.0 Å². The van der Waals surface area contributed by atoms with E-state index in [2.05, 4.69) is 10.3 Å². The van der Waals surface area contributed by atoms with Gasteiger partial charge in [0.15, 0.2) is 0 Å². The molecule has 0 bridgehead atoms. The molecule has 1 aliphatic carbocycles. The molecule has 2 aromatic carbocycles. The van der Waals surface area contributed by atoms with Crippen molar-refractivity contribution in [2.24, 2.45) is 5.92 Å². The van der Waals surface area contributed by atoms with Crippen LogP contribution in [-0.4, -0.2) is 26.9 Å². The number of benzene rings is 2. The van der Waals surface area contributed by atoms with E-state index >= 15 is 0 Å².